The summed E-state index contributed by atoms with van der Waals surface area (Å²) in [7, 11) is 0. The van der Waals surface area contributed by atoms with Crippen LogP contribution in [0.25, 0.3) is 0 Å². The third-order valence-corrected chi connectivity index (χ3v) is 5.79. The lowest BCUT2D eigenvalue weighted by Gasteiger charge is -2.25. The Morgan fingerprint density at radius 1 is 0.838 bits per heavy atom. The summed E-state index contributed by atoms with van der Waals surface area (Å²) < 4.78 is 5.25. The van der Waals surface area contributed by atoms with Crippen molar-refractivity contribution in [3.05, 3.63) is 65.7 Å². The fourth-order valence-corrected chi connectivity index (χ4v) is 3.75. The van der Waals surface area contributed by atoms with Gasteiger partial charge in [0.25, 0.3) is 0 Å². The average molecular weight is 511 g/mol. The SMILES string of the molecule is CC(C)N[C@@H](Cc1ccccc1)C(=O)N[C@@H](CCCCN)C(=O)Nc1ccc(COC(=O)C(C)C)cc1. The third-order valence-electron chi connectivity index (χ3n) is 5.79. The monoisotopic (exact) mass is 510 g/mol. The predicted molar refractivity (Wildman–Crippen MR) is 147 cm³/mol. The van der Waals surface area contributed by atoms with E-state index in [2.05, 4.69) is 16.0 Å². The summed E-state index contributed by atoms with van der Waals surface area (Å²) in [6.07, 6.45) is 2.49. The van der Waals surface area contributed by atoms with Gasteiger partial charge in [-0.15, -0.1) is 0 Å². The van der Waals surface area contributed by atoms with Crippen molar-refractivity contribution in [2.24, 2.45) is 11.7 Å². The van der Waals surface area contributed by atoms with Crippen LogP contribution in [-0.4, -0.2) is 42.5 Å². The molecule has 0 fully saturated rings. The van der Waals surface area contributed by atoms with E-state index in [1.165, 1.54) is 0 Å². The van der Waals surface area contributed by atoms with Gasteiger partial charge in [-0.3, -0.25) is 14.4 Å². The summed E-state index contributed by atoms with van der Waals surface area (Å²) in [5.41, 5.74) is 8.11. The molecular weight excluding hydrogens is 468 g/mol. The molecule has 2 aromatic rings. The molecule has 0 heterocycles. The van der Waals surface area contributed by atoms with Crippen molar-refractivity contribution in [3.8, 4) is 0 Å². The van der Waals surface area contributed by atoms with Crippen molar-refractivity contribution in [1.29, 1.82) is 0 Å². The maximum Gasteiger partial charge on any atom is 0.308 e. The molecule has 0 aliphatic rings. The molecule has 0 bridgehead atoms. The summed E-state index contributed by atoms with van der Waals surface area (Å²) in [5.74, 6) is -0.945. The molecule has 8 heteroatoms. The number of carbonyl (C=O) groups is 3. The first-order valence-electron chi connectivity index (χ1n) is 13.1. The maximum atomic E-state index is 13.3. The number of unbranched alkanes of at least 4 members (excludes halogenated alkanes) is 1. The largest absolute Gasteiger partial charge is 0.461 e. The molecule has 0 aromatic heterocycles. The van der Waals surface area contributed by atoms with Gasteiger partial charge in [-0.05, 0) is 55.5 Å². The number of anilines is 1. The molecule has 0 saturated heterocycles. The number of hydrogen-bond acceptors (Lipinski definition) is 6. The number of carbonyl (C=O) groups excluding carboxylic acids is 3. The van der Waals surface area contributed by atoms with Crippen molar-refractivity contribution >= 4 is 23.5 Å². The molecule has 0 saturated carbocycles. The molecule has 0 aliphatic heterocycles. The topological polar surface area (TPSA) is 123 Å². The van der Waals surface area contributed by atoms with Gasteiger partial charge in [0.2, 0.25) is 11.8 Å². The van der Waals surface area contributed by atoms with Gasteiger partial charge >= 0.3 is 5.97 Å². The maximum absolute atomic E-state index is 13.3. The van der Waals surface area contributed by atoms with E-state index in [9.17, 15) is 14.4 Å². The number of esters is 1. The fourth-order valence-electron chi connectivity index (χ4n) is 3.75. The van der Waals surface area contributed by atoms with E-state index in [0.29, 0.717) is 25.1 Å². The van der Waals surface area contributed by atoms with Gasteiger partial charge in [-0.25, -0.2) is 0 Å². The van der Waals surface area contributed by atoms with E-state index in [4.69, 9.17) is 10.5 Å². The first-order chi connectivity index (χ1) is 17.7. The highest BCUT2D eigenvalue weighted by Gasteiger charge is 2.26. The molecule has 2 rings (SSSR count). The summed E-state index contributed by atoms with van der Waals surface area (Å²) >= 11 is 0. The Labute approximate surface area is 220 Å². The van der Waals surface area contributed by atoms with Gasteiger partial charge in [-0.2, -0.15) is 0 Å². The van der Waals surface area contributed by atoms with E-state index in [1.54, 1.807) is 38.1 Å². The second kappa shape index (κ2) is 15.8. The second-order valence-electron chi connectivity index (χ2n) is 9.86. The molecule has 2 atom stereocenters. The quantitative estimate of drug-likeness (QED) is 0.215. The number of ether oxygens (including phenoxy) is 1. The summed E-state index contributed by atoms with van der Waals surface area (Å²) in [4.78, 5) is 38.1. The molecule has 0 aliphatic carbocycles. The highest BCUT2D eigenvalue weighted by molar-refractivity contribution is 5.97. The molecule has 2 amide bonds. The van der Waals surface area contributed by atoms with Gasteiger partial charge in [0.1, 0.15) is 12.6 Å². The van der Waals surface area contributed by atoms with Crippen LogP contribution in [0.4, 0.5) is 5.69 Å². The van der Waals surface area contributed by atoms with Gasteiger partial charge in [-0.1, -0.05) is 70.2 Å². The van der Waals surface area contributed by atoms with E-state index < -0.39 is 12.1 Å². The third kappa shape index (κ3) is 11.1. The smallest absolute Gasteiger partial charge is 0.308 e. The molecule has 0 unspecified atom stereocenters. The lowest BCUT2D eigenvalue weighted by molar-refractivity contribution is -0.148. The minimum Gasteiger partial charge on any atom is -0.461 e. The van der Waals surface area contributed by atoms with Crippen molar-refractivity contribution in [2.45, 2.75) is 78.1 Å². The molecule has 8 nitrogen and oxygen atoms in total. The highest BCUT2D eigenvalue weighted by atomic mass is 16.5. The van der Waals surface area contributed by atoms with E-state index in [-0.39, 0.29) is 36.4 Å². The Kier molecular flexibility index (Phi) is 12.8. The number of hydrogen-bond donors (Lipinski definition) is 4. The van der Waals surface area contributed by atoms with Gasteiger partial charge in [0, 0.05) is 11.7 Å². The van der Waals surface area contributed by atoms with Crippen LogP contribution < -0.4 is 21.7 Å². The van der Waals surface area contributed by atoms with E-state index >= 15 is 0 Å². The van der Waals surface area contributed by atoms with Crippen molar-refractivity contribution in [2.75, 3.05) is 11.9 Å². The average Bonchev–Trinajstić information content (AvgIpc) is 2.87. The van der Waals surface area contributed by atoms with Crippen LogP contribution in [-0.2, 0) is 32.1 Å². The normalized spacial score (nSPS) is 12.7. The predicted octanol–water partition coefficient (Wildman–Crippen LogP) is 3.55. The number of nitrogens with two attached hydrogens (primary N) is 1. The minimum absolute atomic E-state index is 0.0994. The van der Waals surface area contributed by atoms with Crippen molar-refractivity contribution < 1.29 is 19.1 Å². The zero-order valence-corrected chi connectivity index (χ0v) is 22.5. The Balaban J connectivity index is 2.06. The van der Waals surface area contributed by atoms with Crippen LogP contribution in [0.3, 0.4) is 0 Å². The number of benzene rings is 2. The lowest BCUT2D eigenvalue weighted by atomic mass is 10.0. The molecule has 2 aromatic carbocycles. The van der Waals surface area contributed by atoms with Crippen LogP contribution >= 0.6 is 0 Å². The minimum atomic E-state index is -0.696. The Morgan fingerprint density at radius 2 is 1.51 bits per heavy atom. The molecule has 5 N–H and O–H groups in total. The summed E-state index contributed by atoms with van der Waals surface area (Å²) in [6, 6.07) is 15.9. The zero-order valence-electron chi connectivity index (χ0n) is 22.5. The van der Waals surface area contributed by atoms with Crippen LogP contribution in [0.1, 0.15) is 58.1 Å². The molecule has 0 spiro atoms. The lowest BCUT2D eigenvalue weighted by Crippen LogP contribution is -2.53. The van der Waals surface area contributed by atoms with Gasteiger partial charge < -0.3 is 26.4 Å². The first-order valence-corrected chi connectivity index (χ1v) is 13.1. The zero-order chi connectivity index (χ0) is 27.2. The number of rotatable bonds is 15. The standard InChI is InChI=1S/C29H42N4O4/c1-20(2)29(36)37-19-23-13-15-24(16-14-23)32-27(34)25(12-8-9-17-30)33-28(35)26(31-21(3)4)18-22-10-6-5-7-11-22/h5-7,10-11,13-16,20-21,25-26,31H,8-9,12,17-19,30H2,1-4H3,(H,32,34)(H,33,35)/t25-,26-/m0/s1. The van der Waals surface area contributed by atoms with Crippen LogP contribution in [0.2, 0.25) is 0 Å². The van der Waals surface area contributed by atoms with E-state index in [0.717, 1.165) is 24.0 Å². The fraction of sp³-hybridized carbons (Fsp3) is 0.483. The summed E-state index contributed by atoms with van der Waals surface area (Å²) in [5, 5.41) is 9.19. The van der Waals surface area contributed by atoms with Crippen LogP contribution in [0.15, 0.2) is 54.6 Å². The number of amides is 2. The highest BCUT2D eigenvalue weighted by Crippen LogP contribution is 2.13. The Bertz CT molecular complexity index is 977. The van der Waals surface area contributed by atoms with E-state index in [1.807, 2.05) is 44.2 Å². The van der Waals surface area contributed by atoms with Crippen molar-refractivity contribution in [3.63, 3.8) is 0 Å². The van der Waals surface area contributed by atoms with Crippen molar-refractivity contribution in [1.82, 2.24) is 10.6 Å². The number of nitrogens with one attached hydrogen (secondary N) is 3. The first kappa shape index (κ1) is 30.0. The molecule has 202 valence electrons. The molecular formula is C29H42N4O4. The Morgan fingerprint density at radius 3 is 2.11 bits per heavy atom. The van der Waals surface area contributed by atoms with Crippen LogP contribution in [0, 0.1) is 5.92 Å². The molecule has 0 radical (unpaired) electrons. The Hall–Kier alpha value is -3.23. The molecule has 37 heavy (non-hydrogen) atoms. The van der Waals surface area contributed by atoms with Crippen LogP contribution in [0.5, 0.6) is 0 Å². The second-order valence-corrected chi connectivity index (χ2v) is 9.86. The van der Waals surface area contributed by atoms with Gasteiger partial charge in [0.15, 0.2) is 0 Å². The van der Waals surface area contributed by atoms with Gasteiger partial charge in [0.05, 0.1) is 12.0 Å². The summed E-state index contributed by atoms with van der Waals surface area (Å²) in [6.45, 7) is 8.25.